The van der Waals surface area contributed by atoms with Crippen LogP contribution in [0.25, 0.3) is 10.9 Å². The van der Waals surface area contributed by atoms with E-state index in [2.05, 4.69) is 11.1 Å². The van der Waals surface area contributed by atoms with Gasteiger partial charge in [0.2, 0.25) is 5.56 Å². The van der Waals surface area contributed by atoms with E-state index in [4.69, 9.17) is 4.74 Å². The highest BCUT2D eigenvalue weighted by Crippen LogP contribution is 2.20. The van der Waals surface area contributed by atoms with Gasteiger partial charge in [0.15, 0.2) is 6.10 Å². The first-order valence-electron chi connectivity index (χ1n) is 9.21. The molecule has 0 saturated heterocycles. The van der Waals surface area contributed by atoms with Gasteiger partial charge in [0.1, 0.15) is 0 Å². The van der Waals surface area contributed by atoms with Crippen LogP contribution in [0, 0.1) is 0 Å². The number of H-pyrrole nitrogens is 1. The summed E-state index contributed by atoms with van der Waals surface area (Å²) >= 11 is 0. The molecular weight excluding hydrogens is 356 g/mol. The molecule has 0 fully saturated rings. The van der Waals surface area contributed by atoms with Gasteiger partial charge in [-0.05, 0) is 30.5 Å². The molecule has 1 N–H and O–H groups in total. The van der Waals surface area contributed by atoms with Crippen molar-refractivity contribution in [1.29, 1.82) is 0 Å². The molecule has 6 heteroatoms. The fourth-order valence-corrected chi connectivity index (χ4v) is 3.59. The lowest BCUT2D eigenvalue weighted by Gasteiger charge is -2.30. The maximum atomic E-state index is 12.8. The van der Waals surface area contributed by atoms with E-state index in [0.717, 1.165) is 12.0 Å². The summed E-state index contributed by atoms with van der Waals surface area (Å²) in [6, 6.07) is 16.2. The third-order valence-corrected chi connectivity index (χ3v) is 5.04. The van der Waals surface area contributed by atoms with Gasteiger partial charge in [0, 0.05) is 30.1 Å². The van der Waals surface area contributed by atoms with Crippen molar-refractivity contribution in [1.82, 2.24) is 9.88 Å². The SMILES string of the molecule is C[C@H](OC(=O)c1cc(=O)[nH]c2ccccc12)C(=O)N1CCc2ccccc2C1. The number of carbonyl (C=O) groups is 2. The lowest BCUT2D eigenvalue weighted by atomic mass is 9.99. The smallest absolute Gasteiger partial charge is 0.339 e. The number of amides is 1. The Bertz CT molecular complexity index is 1120. The van der Waals surface area contributed by atoms with Crippen molar-refractivity contribution in [3.63, 3.8) is 0 Å². The summed E-state index contributed by atoms with van der Waals surface area (Å²) in [6.07, 6.45) is -0.155. The first-order valence-corrected chi connectivity index (χ1v) is 9.21. The van der Waals surface area contributed by atoms with Crippen LogP contribution < -0.4 is 5.56 Å². The van der Waals surface area contributed by atoms with Gasteiger partial charge in [0.05, 0.1) is 5.56 Å². The largest absolute Gasteiger partial charge is 0.449 e. The van der Waals surface area contributed by atoms with Crippen LogP contribution in [0.15, 0.2) is 59.4 Å². The van der Waals surface area contributed by atoms with Crippen molar-refractivity contribution in [2.45, 2.75) is 26.0 Å². The number of fused-ring (bicyclic) bond motifs is 2. The van der Waals surface area contributed by atoms with E-state index >= 15 is 0 Å². The van der Waals surface area contributed by atoms with Gasteiger partial charge >= 0.3 is 5.97 Å². The summed E-state index contributed by atoms with van der Waals surface area (Å²) in [5.74, 6) is -0.919. The van der Waals surface area contributed by atoms with Gasteiger partial charge in [0.25, 0.3) is 5.91 Å². The number of aromatic nitrogens is 1. The molecule has 0 saturated carbocycles. The van der Waals surface area contributed by atoms with Gasteiger partial charge in [-0.2, -0.15) is 0 Å². The summed E-state index contributed by atoms with van der Waals surface area (Å²) in [6.45, 7) is 2.66. The van der Waals surface area contributed by atoms with Gasteiger partial charge in [-0.1, -0.05) is 42.5 Å². The molecule has 4 rings (SSSR count). The number of aromatic amines is 1. The highest BCUT2D eigenvalue weighted by atomic mass is 16.5. The standard InChI is InChI=1S/C22H20N2O4/c1-14(21(26)24-11-10-15-6-2-3-7-16(15)13-24)28-22(27)18-12-20(25)23-19-9-5-4-8-17(18)19/h2-9,12,14H,10-11,13H2,1H3,(H,23,25)/t14-/m0/s1. The predicted molar refractivity (Wildman–Crippen MR) is 105 cm³/mol. The molecular formula is C22H20N2O4. The highest BCUT2D eigenvalue weighted by molar-refractivity contribution is 6.03. The molecule has 2 aromatic carbocycles. The highest BCUT2D eigenvalue weighted by Gasteiger charge is 2.27. The van der Waals surface area contributed by atoms with Gasteiger partial charge in [-0.3, -0.25) is 9.59 Å². The van der Waals surface area contributed by atoms with E-state index in [9.17, 15) is 14.4 Å². The molecule has 6 nitrogen and oxygen atoms in total. The average molecular weight is 376 g/mol. The minimum Gasteiger partial charge on any atom is -0.449 e. The molecule has 1 amide bonds. The normalized spacial score (nSPS) is 14.4. The van der Waals surface area contributed by atoms with E-state index in [1.54, 1.807) is 36.1 Å². The first kappa shape index (κ1) is 18.0. The van der Waals surface area contributed by atoms with Crippen molar-refractivity contribution in [3.05, 3.63) is 81.6 Å². The summed E-state index contributed by atoms with van der Waals surface area (Å²) in [4.78, 5) is 41.7. The number of para-hydroxylation sites is 1. The molecule has 0 radical (unpaired) electrons. The van der Waals surface area contributed by atoms with Crippen LogP contribution in [0.2, 0.25) is 0 Å². The predicted octanol–water partition coefficient (Wildman–Crippen LogP) is 2.66. The quantitative estimate of drug-likeness (QED) is 0.713. The Balaban J connectivity index is 1.51. The van der Waals surface area contributed by atoms with Gasteiger partial charge in [-0.15, -0.1) is 0 Å². The number of hydrogen-bond acceptors (Lipinski definition) is 4. The third kappa shape index (κ3) is 3.41. The summed E-state index contributed by atoms with van der Waals surface area (Å²) in [5.41, 5.74) is 2.67. The maximum absolute atomic E-state index is 12.8. The van der Waals surface area contributed by atoms with Crippen molar-refractivity contribution >= 4 is 22.8 Å². The van der Waals surface area contributed by atoms with Gasteiger partial charge < -0.3 is 14.6 Å². The first-order chi connectivity index (χ1) is 13.5. The lowest BCUT2D eigenvalue weighted by Crippen LogP contribution is -2.42. The second-order valence-electron chi connectivity index (χ2n) is 6.92. The van der Waals surface area contributed by atoms with Crippen LogP contribution in [-0.4, -0.2) is 34.4 Å². The van der Waals surface area contributed by atoms with Crippen LogP contribution in [0.5, 0.6) is 0 Å². The van der Waals surface area contributed by atoms with Crippen LogP contribution in [-0.2, 0) is 22.5 Å². The Morgan fingerprint density at radius 2 is 1.79 bits per heavy atom. The van der Waals surface area contributed by atoms with Crippen molar-refractivity contribution in [2.75, 3.05) is 6.54 Å². The van der Waals surface area contributed by atoms with Crippen LogP contribution in [0.1, 0.15) is 28.4 Å². The molecule has 0 spiro atoms. The molecule has 1 atom stereocenters. The van der Waals surface area contributed by atoms with E-state index in [0.29, 0.717) is 24.0 Å². The zero-order chi connectivity index (χ0) is 19.7. The number of rotatable bonds is 3. The molecule has 0 unspecified atom stereocenters. The Labute approximate surface area is 161 Å². The van der Waals surface area contributed by atoms with Crippen LogP contribution in [0.4, 0.5) is 0 Å². The van der Waals surface area contributed by atoms with Gasteiger partial charge in [-0.25, -0.2) is 4.79 Å². The molecule has 28 heavy (non-hydrogen) atoms. The van der Waals surface area contributed by atoms with E-state index in [1.807, 2.05) is 18.2 Å². The number of benzene rings is 2. The number of carbonyl (C=O) groups excluding carboxylic acids is 2. The molecule has 1 aromatic heterocycles. The lowest BCUT2D eigenvalue weighted by molar-refractivity contribution is -0.140. The minimum absolute atomic E-state index is 0.156. The number of ether oxygens (including phenoxy) is 1. The van der Waals surface area contributed by atoms with E-state index < -0.39 is 17.6 Å². The number of esters is 1. The second-order valence-corrected chi connectivity index (χ2v) is 6.92. The fraction of sp³-hybridized carbons (Fsp3) is 0.227. The summed E-state index contributed by atoms with van der Waals surface area (Å²) < 4.78 is 5.42. The van der Waals surface area contributed by atoms with Crippen molar-refractivity contribution < 1.29 is 14.3 Å². The van der Waals surface area contributed by atoms with Crippen molar-refractivity contribution in [3.8, 4) is 0 Å². The zero-order valence-electron chi connectivity index (χ0n) is 15.5. The van der Waals surface area contributed by atoms with E-state index in [-0.39, 0.29) is 11.5 Å². The summed E-state index contributed by atoms with van der Waals surface area (Å²) in [7, 11) is 0. The number of nitrogens with one attached hydrogen (secondary N) is 1. The Morgan fingerprint density at radius 3 is 2.61 bits per heavy atom. The van der Waals surface area contributed by atoms with Crippen molar-refractivity contribution in [2.24, 2.45) is 0 Å². The zero-order valence-corrected chi connectivity index (χ0v) is 15.5. The number of pyridine rings is 1. The Kier molecular flexibility index (Phi) is 4.69. The molecule has 0 bridgehead atoms. The fourth-order valence-electron chi connectivity index (χ4n) is 3.59. The van der Waals surface area contributed by atoms with Crippen LogP contribution in [0.3, 0.4) is 0 Å². The average Bonchev–Trinajstić information content (AvgIpc) is 2.72. The molecule has 1 aliphatic heterocycles. The summed E-state index contributed by atoms with van der Waals surface area (Å²) in [5, 5.41) is 0.582. The van der Waals surface area contributed by atoms with E-state index in [1.165, 1.54) is 11.6 Å². The maximum Gasteiger partial charge on any atom is 0.339 e. The monoisotopic (exact) mass is 376 g/mol. The molecule has 2 heterocycles. The minimum atomic E-state index is -0.934. The number of nitrogens with zero attached hydrogens (tertiary/aromatic N) is 1. The topological polar surface area (TPSA) is 79.5 Å². The molecule has 1 aliphatic rings. The molecule has 0 aliphatic carbocycles. The van der Waals surface area contributed by atoms with Crippen LogP contribution >= 0.6 is 0 Å². The second kappa shape index (κ2) is 7.31. The number of hydrogen-bond donors (Lipinski definition) is 1. The Hall–Kier alpha value is -3.41. The third-order valence-electron chi connectivity index (χ3n) is 5.04. The molecule has 3 aromatic rings. The Morgan fingerprint density at radius 1 is 1.07 bits per heavy atom. The molecule has 142 valence electrons.